The summed E-state index contributed by atoms with van der Waals surface area (Å²) >= 11 is 0. The smallest absolute Gasteiger partial charge is 0.239 e. The molecule has 1 aliphatic heterocycles. The van der Waals surface area contributed by atoms with Crippen LogP contribution in [0.15, 0.2) is 59.0 Å². The van der Waals surface area contributed by atoms with Gasteiger partial charge < -0.3 is 9.73 Å². The zero-order valence-electron chi connectivity index (χ0n) is 15.8. The second-order valence-electron chi connectivity index (χ2n) is 7.21. The van der Waals surface area contributed by atoms with Crippen molar-refractivity contribution in [1.29, 1.82) is 0 Å². The molecule has 0 saturated carbocycles. The van der Waals surface area contributed by atoms with Crippen molar-refractivity contribution in [3.05, 3.63) is 71.5 Å². The Morgan fingerprint density at radius 2 is 1.82 bits per heavy atom. The largest absolute Gasteiger partial charge is 0.459 e. The van der Waals surface area contributed by atoms with E-state index in [-0.39, 0.29) is 18.5 Å². The van der Waals surface area contributed by atoms with Gasteiger partial charge >= 0.3 is 0 Å². The number of carbonyl (C=O) groups is 1. The standard InChI is InChI=1S/C21H22N2O4S/c1-14(20-12-16-8-5-6-10-19(16)27-20)22-21(24)18-11-15-7-3-4-9-17(15)13-23(18)28(2,25)26/h3-10,12,14,18H,11,13H2,1-2H3,(H,22,24)/t14-,18-/m0/s1. The van der Waals surface area contributed by atoms with E-state index in [2.05, 4.69) is 5.32 Å². The van der Waals surface area contributed by atoms with Gasteiger partial charge in [-0.15, -0.1) is 0 Å². The SMILES string of the molecule is C[C@H](NC(=O)[C@@H]1Cc2ccccc2CN1S(C)(=O)=O)c1cc2ccccc2o1. The van der Waals surface area contributed by atoms with E-state index >= 15 is 0 Å². The van der Waals surface area contributed by atoms with Gasteiger partial charge in [0.2, 0.25) is 15.9 Å². The molecule has 28 heavy (non-hydrogen) atoms. The Morgan fingerprint density at radius 3 is 2.54 bits per heavy atom. The molecule has 7 heteroatoms. The topological polar surface area (TPSA) is 79.6 Å². The van der Waals surface area contributed by atoms with Crippen LogP contribution in [-0.2, 0) is 27.8 Å². The minimum atomic E-state index is -3.53. The van der Waals surface area contributed by atoms with Crippen LogP contribution < -0.4 is 5.32 Å². The van der Waals surface area contributed by atoms with E-state index in [9.17, 15) is 13.2 Å². The highest BCUT2D eigenvalue weighted by Crippen LogP contribution is 2.27. The van der Waals surface area contributed by atoms with Crippen LogP contribution in [0.1, 0.15) is 29.9 Å². The van der Waals surface area contributed by atoms with E-state index in [4.69, 9.17) is 4.42 Å². The predicted octanol–water partition coefficient (Wildman–Crippen LogP) is 3.00. The fraction of sp³-hybridized carbons (Fsp3) is 0.286. The number of nitrogens with one attached hydrogen (secondary N) is 1. The zero-order valence-corrected chi connectivity index (χ0v) is 16.6. The number of nitrogens with zero attached hydrogens (tertiary/aromatic N) is 1. The average Bonchev–Trinajstić information content (AvgIpc) is 3.10. The minimum Gasteiger partial charge on any atom is -0.459 e. The van der Waals surface area contributed by atoms with Crippen LogP contribution in [0, 0.1) is 0 Å². The predicted molar refractivity (Wildman–Crippen MR) is 107 cm³/mol. The summed E-state index contributed by atoms with van der Waals surface area (Å²) in [5.74, 6) is 0.310. The number of benzene rings is 2. The van der Waals surface area contributed by atoms with Crippen molar-refractivity contribution in [2.45, 2.75) is 32.0 Å². The van der Waals surface area contributed by atoms with Crippen molar-refractivity contribution < 1.29 is 17.6 Å². The van der Waals surface area contributed by atoms with Gasteiger partial charge in [0, 0.05) is 11.9 Å². The molecule has 1 aliphatic rings. The summed E-state index contributed by atoms with van der Waals surface area (Å²) in [5, 5.41) is 3.88. The van der Waals surface area contributed by atoms with Gasteiger partial charge in [-0.05, 0) is 36.6 Å². The molecular weight excluding hydrogens is 376 g/mol. The maximum absolute atomic E-state index is 13.0. The van der Waals surface area contributed by atoms with Crippen LogP contribution >= 0.6 is 0 Å². The van der Waals surface area contributed by atoms with E-state index in [1.54, 1.807) is 0 Å². The molecule has 1 amide bonds. The fourth-order valence-electron chi connectivity index (χ4n) is 3.67. The van der Waals surface area contributed by atoms with E-state index in [0.29, 0.717) is 12.2 Å². The third-order valence-corrected chi connectivity index (χ3v) is 6.40. The van der Waals surface area contributed by atoms with Crippen molar-refractivity contribution >= 4 is 26.9 Å². The van der Waals surface area contributed by atoms with Crippen LogP contribution in [0.4, 0.5) is 0 Å². The molecule has 0 radical (unpaired) electrons. The molecule has 0 aliphatic carbocycles. The summed E-state index contributed by atoms with van der Waals surface area (Å²) in [6.45, 7) is 2.03. The normalized spacial score (nSPS) is 18.6. The van der Waals surface area contributed by atoms with Crippen molar-refractivity contribution in [3.63, 3.8) is 0 Å². The Kier molecular flexibility index (Phi) is 4.72. The van der Waals surface area contributed by atoms with Crippen molar-refractivity contribution in [3.8, 4) is 0 Å². The van der Waals surface area contributed by atoms with Gasteiger partial charge in [0.25, 0.3) is 0 Å². The lowest BCUT2D eigenvalue weighted by Crippen LogP contribution is -2.52. The van der Waals surface area contributed by atoms with Crippen LogP contribution in [0.2, 0.25) is 0 Å². The van der Waals surface area contributed by atoms with Crippen LogP contribution in [0.25, 0.3) is 11.0 Å². The van der Waals surface area contributed by atoms with Crippen LogP contribution in [-0.4, -0.2) is 30.9 Å². The molecule has 2 atom stereocenters. The first-order valence-electron chi connectivity index (χ1n) is 9.15. The molecule has 2 aromatic carbocycles. The van der Waals surface area contributed by atoms with Gasteiger partial charge in [-0.1, -0.05) is 42.5 Å². The molecule has 146 valence electrons. The van der Waals surface area contributed by atoms with Crippen molar-refractivity contribution in [2.24, 2.45) is 0 Å². The lowest BCUT2D eigenvalue weighted by atomic mass is 9.95. The Bertz CT molecular complexity index is 1100. The molecule has 1 N–H and O–H groups in total. The number of para-hydroxylation sites is 1. The second kappa shape index (κ2) is 7.07. The molecule has 2 heterocycles. The molecule has 0 saturated heterocycles. The molecule has 3 aromatic rings. The summed E-state index contributed by atoms with van der Waals surface area (Å²) in [6, 6.07) is 16.0. The highest BCUT2D eigenvalue weighted by molar-refractivity contribution is 7.88. The number of carbonyl (C=O) groups excluding carboxylic acids is 1. The maximum atomic E-state index is 13.0. The van der Waals surface area contributed by atoms with Crippen molar-refractivity contribution in [1.82, 2.24) is 9.62 Å². The summed E-state index contributed by atoms with van der Waals surface area (Å²) in [7, 11) is -3.53. The maximum Gasteiger partial charge on any atom is 0.239 e. The lowest BCUT2D eigenvalue weighted by Gasteiger charge is -2.34. The number of rotatable bonds is 4. The number of furan rings is 1. The Labute approximate surface area is 164 Å². The molecule has 4 rings (SSSR count). The van der Waals surface area contributed by atoms with Gasteiger partial charge in [-0.3, -0.25) is 4.79 Å². The molecule has 6 nitrogen and oxygen atoms in total. The molecule has 0 spiro atoms. The van der Waals surface area contributed by atoms with E-state index in [1.807, 2.05) is 61.5 Å². The number of hydrogen-bond acceptors (Lipinski definition) is 4. The molecule has 0 bridgehead atoms. The number of fused-ring (bicyclic) bond motifs is 2. The molecular formula is C21H22N2O4S. The average molecular weight is 398 g/mol. The summed E-state index contributed by atoms with van der Waals surface area (Å²) in [6.07, 6.45) is 1.49. The third kappa shape index (κ3) is 3.55. The highest BCUT2D eigenvalue weighted by atomic mass is 32.2. The number of sulfonamides is 1. The summed E-state index contributed by atoms with van der Waals surface area (Å²) in [4.78, 5) is 13.0. The zero-order chi connectivity index (χ0) is 19.9. The first-order chi connectivity index (χ1) is 13.3. The second-order valence-corrected chi connectivity index (χ2v) is 9.15. The van der Waals surface area contributed by atoms with E-state index in [0.717, 1.165) is 28.4 Å². The Morgan fingerprint density at radius 1 is 1.14 bits per heavy atom. The van der Waals surface area contributed by atoms with Gasteiger partial charge in [0.1, 0.15) is 17.4 Å². The third-order valence-electron chi connectivity index (χ3n) is 5.16. The fourth-order valence-corrected chi connectivity index (χ4v) is 4.67. The number of amides is 1. The monoisotopic (exact) mass is 398 g/mol. The molecule has 0 unspecified atom stereocenters. The van der Waals surface area contributed by atoms with Crippen molar-refractivity contribution in [2.75, 3.05) is 6.26 Å². The Hall–Kier alpha value is -2.64. The van der Waals surface area contributed by atoms with Gasteiger partial charge in [-0.2, -0.15) is 4.31 Å². The lowest BCUT2D eigenvalue weighted by molar-refractivity contribution is -0.126. The van der Waals surface area contributed by atoms with Crippen LogP contribution in [0.5, 0.6) is 0 Å². The van der Waals surface area contributed by atoms with Gasteiger partial charge in [-0.25, -0.2) is 8.42 Å². The van der Waals surface area contributed by atoms with E-state index in [1.165, 1.54) is 4.31 Å². The summed E-state index contributed by atoms with van der Waals surface area (Å²) in [5.41, 5.74) is 2.68. The van der Waals surface area contributed by atoms with Gasteiger partial charge in [0.05, 0.1) is 12.3 Å². The highest BCUT2D eigenvalue weighted by Gasteiger charge is 2.37. The molecule has 1 aromatic heterocycles. The first kappa shape index (κ1) is 18.7. The quantitative estimate of drug-likeness (QED) is 0.733. The number of hydrogen-bond donors (Lipinski definition) is 1. The van der Waals surface area contributed by atoms with E-state index < -0.39 is 16.1 Å². The summed E-state index contributed by atoms with van der Waals surface area (Å²) < 4.78 is 31.7. The minimum absolute atomic E-state index is 0.201. The van der Waals surface area contributed by atoms with Gasteiger partial charge in [0.15, 0.2) is 0 Å². The Balaban J connectivity index is 1.58. The first-order valence-corrected chi connectivity index (χ1v) is 11.0. The molecule has 0 fully saturated rings. The van der Waals surface area contributed by atoms with Crippen LogP contribution in [0.3, 0.4) is 0 Å².